The molecule has 180 valence electrons. The summed E-state index contributed by atoms with van der Waals surface area (Å²) in [5.41, 5.74) is 2.31. The monoisotopic (exact) mass is 595 g/mol. The Balaban J connectivity index is 1.29. The van der Waals surface area contributed by atoms with Crippen LogP contribution in [0.4, 0.5) is 10.6 Å². The predicted octanol–water partition coefficient (Wildman–Crippen LogP) is 3.56. The van der Waals surface area contributed by atoms with Gasteiger partial charge in [0.25, 0.3) is 0 Å². The van der Waals surface area contributed by atoms with Crippen LogP contribution in [0.15, 0.2) is 11.6 Å². The number of hydrogen-bond donors (Lipinski definition) is 2. The largest absolute Gasteiger partial charge is 0.465 e. The molecule has 34 heavy (non-hydrogen) atoms. The Bertz CT molecular complexity index is 1240. The van der Waals surface area contributed by atoms with Crippen LogP contribution in [0.3, 0.4) is 0 Å². The fourth-order valence-corrected chi connectivity index (χ4v) is 7.50. The van der Waals surface area contributed by atoms with Gasteiger partial charge in [0.05, 0.1) is 6.20 Å². The van der Waals surface area contributed by atoms with E-state index in [2.05, 4.69) is 38.2 Å². The summed E-state index contributed by atoms with van der Waals surface area (Å²) < 4.78 is 8.71. The van der Waals surface area contributed by atoms with Gasteiger partial charge in [-0.25, -0.2) is 24.4 Å². The number of nitrogens with zero attached hydrogens (tertiary/aromatic N) is 6. The quantitative estimate of drug-likeness (QED) is 0.430. The van der Waals surface area contributed by atoms with Crippen LogP contribution < -0.4 is 10.2 Å². The lowest BCUT2D eigenvalue weighted by atomic mass is 10.0. The Morgan fingerprint density at radius 3 is 2.97 bits per heavy atom. The number of fused-ring (bicyclic) bond motifs is 2. The molecule has 6 rings (SSSR count). The minimum absolute atomic E-state index is 0.0960. The molecule has 3 aromatic rings. The Morgan fingerprint density at radius 1 is 1.35 bits per heavy atom. The fraction of sp³-hybridized carbons (Fsp3) is 0.591. The third-order valence-corrected chi connectivity index (χ3v) is 9.36. The van der Waals surface area contributed by atoms with Crippen molar-refractivity contribution in [2.75, 3.05) is 31.1 Å². The first-order chi connectivity index (χ1) is 16.5. The summed E-state index contributed by atoms with van der Waals surface area (Å²) in [6.07, 6.45) is 4.85. The van der Waals surface area contributed by atoms with Crippen molar-refractivity contribution in [2.45, 2.75) is 44.2 Å². The summed E-state index contributed by atoms with van der Waals surface area (Å²) in [4.78, 5) is 28.1. The molecule has 3 fully saturated rings. The second kappa shape index (κ2) is 8.55. The number of aryl methyl sites for hydroxylation is 1. The van der Waals surface area contributed by atoms with E-state index in [1.54, 1.807) is 11.3 Å². The Hall–Kier alpha value is -2.06. The van der Waals surface area contributed by atoms with Gasteiger partial charge < -0.3 is 20.1 Å². The molecule has 12 heteroatoms. The first kappa shape index (κ1) is 22.4. The molecular weight excluding hydrogens is 569 g/mol. The molecule has 10 nitrogen and oxygen atoms in total. The lowest BCUT2D eigenvalue weighted by Gasteiger charge is -2.27. The van der Waals surface area contributed by atoms with Crippen LogP contribution in [0.2, 0.25) is 0 Å². The third-order valence-electron chi connectivity index (χ3n) is 7.48. The molecule has 3 aliphatic rings. The molecule has 1 saturated carbocycles. The standard InChI is InChI=1S/C22H26IN7O3S/c1-12-10-34-20(26-12)22(11-25-21(31)32)13-5-6-29(9-14(13)22)15-8-24-17-18(23)28-30(19(17)27-15)16-4-2-3-7-33-16/h8,10,13-14,16,25H,2-7,9,11H2,1H3,(H,31,32)/t13-,14+,16?,22+/m1/s1. The molecule has 1 amide bonds. The predicted molar refractivity (Wildman–Crippen MR) is 135 cm³/mol. The molecule has 2 saturated heterocycles. The molecule has 2 aliphatic heterocycles. The van der Waals surface area contributed by atoms with E-state index in [9.17, 15) is 9.90 Å². The molecule has 5 heterocycles. The number of halogens is 1. The van der Waals surface area contributed by atoms with Gasteiger partial charge in [-0.15, -0.1) is 11.3 Å². The van der Waals surface area contributed by atoms with Gasteiger partial charge in [-0.2, -0.15) is 5.10 Å². The zero-order valence-corrected chi connectivity index (χ0v) is 21.8. The van der Waals surface area contributed by atoms with E-state index < -0.39 is 6.09 Å². The lowest BCUT2D eigenvalue weighted by Crippen LogP contribution is -2.35. The summed E-state index contributed by atoms with van der Waals surface area (Å²) in [6, 6.07) is 0. The van der Waals surface area contributed by atoms with Crippen molar-refractivity contribution in [3.63, 3.8) is 0 Å². The molecule has 0 aromatic carbocycles. The summed E-state index contributed by atoms with van der Waals surface area (Å²) in [5.74, 6) is 1.57. The second-order valence-electron chi connectivity index (χ2n) is 9.40. The van der Waals surface area contributed by atoms with Crippen molar-refractivity contribution in [2.24, 2.45) is 11.8 Å². The number of carboxylic acid groups (broad SMARTS) is 1. The smallest absolute Gasteiger partial charge is 0.404 e. The van der Waals surface area contributed by atoms with E-state index in [1.807, 2.05) is 17.8 Å². The number of amides is 1. The highest BCUT2D eigenvalue weighted by atomic mass is 127. The van der Waals surface area contributed by atoms with E-state index >= 15 is 0 Å². The van der Waals surface area contributed by atoms with Crippen molar-refractivity contribution in [3.05, 3.63) is 26.0 Å². The first-order valence-corrected chi connectivity index (χ1v) is 13.6. The number of carbonyl (C=O) groups is 1. The van der Waals surface area contributed by atoms with Crippen molar-refractivity contribution < 1.29 is 14.6 Å². The van der Waals surface area contributed by atoms with Crippen LogP contribution in [0.1, 0.15) is 42.6 Å². The second-order valence-corrected chi connectivity index (χ2v) is 11.3. The number of hydrogen-bond acceptors (Lipinski definition) is 8. The minimum atomic E-state index is -0.989. The van der Waals surface area contributed by atoms with Crippen LogP contribution in [0, 0.1) is 22.5 Å². The van der Waals surface area contributed by atoms with Crippen LogP contribution in [-0.2, 0) is 10.2 Å². The van der Waals surface area contributed by atoms with Gasteiger partial charge in [-0.3, -0.25) is 0 Å². The molecule has 2 N–H and O–H groups in total. The SMILES string of the molecule is Cc1csc([C@@]2(CNC(=O)O)[C@@H]3CCN(c4cnc5c(I)nn(C6CCCCO6)c5n4)C[C@@H]32)n1. The number of nitrogens with one attached hydrogen (secondary N) is 1. The van der Waals surface area contributed by atoms with E-state index in [4.69, 9.17) is 24.8 Å². The third kappa shape index (κ3) is 3.65. The van der Waals surface area contributed by atoms with Crippen molar-refractivity contribution in [1.29, 1.82) is 0 Å². The van der Waals surface area contributed by atoms with E-state index in [0.29, 0.717) is 18.4 Å². The van der Waals surface area contributed by atoms with E-state index in [1.165, 1.54) is 0 Å². The zero-order chi connectivity index (χ0) is 23.4. The molecule has 0 bridgehead atoms. The van der Waals surface area contributed by atoms with E-state index in [-0.39, 0.29) is 11.6 Å². The van der Waals surface area contributed by atoms with Gasteiger partial charge in [-0.05, 0) is 67.0 Å². The van der Waals surface area contributed by atoms with Gasteiger partial charge in [0.2, 0.25) is 0 Å². The fourth-order valence-electron chi connectivity index (χ4n) is 5.76. The molecular formula is C22H26IN7O3S. The average molecular weight is 595 g/mol. The molecule has 4 atom stereocenters. The minimum Gasteiger partial charge on any atom is -0.465 e. The number of rotatable bonds is 5. The summed E-state index contributed by atoms with van der Waals surface area (Å²) in [5, 5.41) is 19.7. The highest BCUT2D eigenvalue weighted by Gasteiger charge is 2.68. The van der Waals surface area contributed by atoms with Crippen molar-refractivity contribution in [3.8, 4) is 0 Å². The number of aromatic nitrogens is 5. The van der Waals surface area contributed by atoms with E-state index in [0.717, 1.165) is 76.8 Å². The molecule has 0 radical (unpaired) electrons. The first-order valence-electron chi connectivity index (χ1n) is 11.6. The van der Waals surface area contributed by atoms with Crippen LogP contribution in [-0.4, -0.2) is 62.2 Å². The van der Waals surface area contributed by atoms with Gasteiger partial charge in [0, 0.05) is 42.7 Å². The summed E-state index contributed by atoms with van der Waals surface area (Å²) >= 11 is 3.85. The molecule has 1 unspecified atom stereocenters. The maximum Gasteiger partial charge on any atom is 0.404 e. The van der Waals surface area contributed by atoms with Gasteiger partial charge >= 0.3 is 6.09 Å². The Kier molecular flexibility index (Phi) is 5.64. The summed E-state index contributed by atoms with van der Waals surface area (Å²) in [6.45, 7) is 4.78. The summed E-state index contributed by atoms with van der Waals surface area (Å²) in [7, 11) is 0. The van der Waals surface area contributed by atoms with Gasteiger partial charge in [0.1, 0.15) is 16.3 Å². The lowest BCUT2D eigenvalue weighted by molar-refractivity contribution is -0.0372. The maximum absolute atomic E-state index is 11.3. The number of piperidine rings is 1. The molecule has 3 aromatic heterocycles. The number of ether oxygens (including phenoxy) is 1. The van der Waals surface area contributed by atoms with Crippen molar-refractivity contribution in [1.82, 2.24) is 30.0 Å². The van der Waals surface area contributed by atoms with Crippen molar-refractivity contribution >= 4 is 57.0 Å². The Labute approximate surface area is 214 Å². The van der Waals surface area contributed by atoms with Crippen LogP contribution in [0.5, 0.6) is 0 Å². The zero-order valence-electron chi connectivity index (χ0n) is 18.8. The topological polar surface area (TPSA) is 118 Å². The van der Waals surface area contributed by atoms with Crippen LogP contribution in [0.25, 0.3) is 11.2 Å². The highest BCUT2D eigenvalue weighted by molar-refractivity contribution is 14.1. The maximum atomic E-state index is 11.3. The number of anilines is 1. The molecule has 0 spiro atoms. The van der Waals surface area contributed by atoms with Gasteiger partial charge in [0.15, 0.2) is 15.6 Å². The van der Waals surface area contributed by atoms with Gasteiger partial charge in [-0.1, -0.05) is 0 Å². The Morgan fingerprint density at radius 2 is 2.24 bits per heavy atom. The highest BCUT2D eigenvalue weighted by Crippen LogP contribution is 2.63. The number of thiazole rings is 1. The normalized spacial score (nSPS) is 28.6. The average Bonchev–Trinajstić information content (AvgIpc) is 3.08. The van der Waals surface area contributed by atoms with Crippen LogP contribution >= 0.6 is 33.9 Å². The molecule has 1 aliphatic carbocycles.